The molecule has 4 rings (SSSR count). The van der Waals surface area contributed by atoms with Crippen LogP contribution in [0.2, 0.25) is 0 Å². The van der Waals surface area contributed by atoms with E-state index in [1.165, 1.54) is 57.6 Å². The molecule has 2 aromatic heterocycles. The molecule has 4 nitrogen and oxygen atoms in total. The number of halogens is 1. The van der Waals surface area contributed by atoms with Gasteiger partial charge in [0.05, 0.1) is 6.20 Å². The van der Waals surface area contributed by atoms with E-state index in [1.54, 1.807) is 6.07 Å². The molecule has 1 saturated heterocycles. The predicted molar refractivity (Wildman–Crippen MR) is 97.6 cm³/mol. The van der Waals surface area contributed by atoms with Crippen molar-refractivity contribution in [2.45, 2.75) is 38.5 Å². The molecule has 25 heavy (non-hydrogen) atoms. The molecule has 5 heteroatoms. The summed E-state index contributed by atoms with van der Waals surface area (Å²) in [5, 5.41) is 3.27. The molecule has 1 saturated carbocycles. The van der Waals surface area contributed by atoms with Crippen molar-refractivity contribution in [3.05, 3.63) is 47.7 Å². The number of hydrogen-bond acceptors (Lipinski definition) is 4. The molecule has 2 aliphatic rings. The fourth-order valence-electron chi connectivity index (χ4n) is 3.65. The van der Waals surface area contributed by atoms with Gasteiger partial charge in [0, 0.05) is 29.5 Å². The van der Waals surface area contributed by atoms with Crippen molar-refractivity contribution in [2.75, 3.05) is 25.0 Å². The first kappa shape index (κ1) is 16.5. The van der Waals surface area contributed by atoms with Crippen LogP contribution in [-0.4, -0.2) is 34.5 Å². The van der Waals surface area contributed by atoms with Crippen LogP contribution in [0.5, 0.6) is 0 Å². The molecule has 0 aromatic carbocycles. The summed E-state index contributed by atoms with van der Waals surface area (Å²) in [6.45, 7) is 5.67. The van der Waals surface area contributed by atoms with Crippen LogP contribution in [0.3, 0.4) is 0 Å². The molecule has 1 aliphatic carbocycles. The van der Waals surface area contributed by atoms with Gasteiger partial charge in [0.25, 0.3) is 0 Å². The molecule has 0 atom stereocenters. The Hall–Kier alpha value is -2.01. The minimum absolute atomic E-state index is 0.324. The topological polar surface area (TPSA) is 41.1 Å². The first-order chi connectivity index (χ1) is 12.2. The van der Waals surface area contributed by atoms with Crippen LogP contribution < -0.4 is 5.32 Å². The normalized spacial score (nSPS) is 19.1. The zero-order chi connectivity index (χ0) is 17.2. The second kappa shape index (κ2) is 7.08. The van der Waals surface area contributed by atoms with Gasteiger partial charge in [-0.3, -0.25) is 4.98 Å². The zero-order valence-electron chi connectivity index (χ0n) is 14.7. The molecule has 1 aliphatic heterocycles. The highest BCUT2D eigenvalue weighted by Gasteiger charge is 2.28. The fourth-order valence-corrected chi connectivity index (χ4v) is 3.65. The number of hydrogen-bond donors (Lipinski definition) is 1. The van der Waals surface area contributed by atoms with Crippen LogP contribution in [0, 0.1) is 18.7 Å². The quantitative estimate of drug-likeness (QED) is 0.883. The van der Waals surface area contributed by atoms with E-state index in [0.717, 1.165) is 23.0 Å². The molecular formula is C20H25FN4. The molecule has 1 N–H and O–H groups in total. The lowest BCUT2D eigenvalue weighted by Crippen LogP contribution is -2.34. The number of piperidine rings is 1. The number of pyridine rings is 2. The highest BCUT2D eigenvalue weighted by molar-refractivity contribution is 5.57. The van der Waals surface area contributed by atoms with Gasteiger partial charge in [-0.15, -0.1) is 0 Å². The standard InChI is InChI=1S/C20H25FN4/c1-14-10-18(24-20-5-4-17(21)12-22-20)11-19(23-14)16-6-8-25(9-7-16)13-15-2-3-15/h4-5,10-12,15-16H,2-3,6-9,13H2,1H3,(H,22,23,24). The average Bonchev–Trinajstić information content (AvgIpc) is 3.41. The van der Waals surface area contributed by atoms with Crippen molar-refractivity contribution in [3.8, 4) is 0 Å². The number of nitrogens with one attached hydrogen (secondary N) is 1. The summed E-state index contributed by atoms with van der Waals surface area (Å²) >= 11 is 0. The van der Waals surface area contributed by atoms with Gasteiger partial charge in [0.1, 0.15) is 11.6 Å². The molecule has 132 valence electrons. The van der Waals surface area contributed by atoms with Crippen molar-refractivity contribution >= 4 is 11.5 Å². The SMILES string of the molecule is Cc1cc(Nc2ccc(F)cn2)cc(C2CCN(CC3CC3)CC2)n1. The monoisotopic (exact) mass is 340 g/mol. The summed E-state index contributed by atoms with van der Waals surface area (Å²) < 4.78 is 13.0. The second-order valence-corrected chi connectivity index (χ2v) is 7.43. The third kappa shape index (κ3) is 4.34. The molecule has 0 bridgehead atoms. The van der Waals surface area contributed by atoms with Crippen LogP contribution in [0.1, 0.15) is 43.0 Å². The van der Waals surface area contributed by atoms with E-state index < -0.39 is 0 Å². The van der Waals surface area contributed by atoms with Crippen molar-refractivity contribution in [2.24, 2.45) is 5.92 Å². The molecule has 2 aromatic rings. The van der Waals surface area contributed by atoms with E-state index in [2.05, 4.69) is 21.3 Å². The van der Waals surface area contributed by atoms with Crippen LogP contribution >= 0.6 is 0 Å². The van der Waals surface area contributed by atoms with Crippen molar-refractivity contribution in [1.29, 1.82) is 0 Å². The van der Waals surface area contributed by atoms with Crippen LogP contribution in [0.15, 0.2) is 30.5 Å². The molecule has 0 spiro atoms. The number of rotatable bonds is 5. The van der Waals surface area contributed by atoms with E-state index in [-0.39, 0.29) is 5.82 Å². The molecule has 0 unspecified atom stereocenters. The second-order valence-electron chi connectivity index (χ2n) is 7.43. The summed E-state index contributed by atoms with van der Waals surface area (Å²) in [4.78, 5) is 11.5. The van der Waals surface area contributed by atoms with E-state index in [0.29, 0.717) is 11.7 Å². The van der Waals surface area contributed by atoms with E-state index in [1.807, 2.05) is 13.0 Å². The smallest absolute Gasteiger partial charge is 0.141 e. The summed E-state index contributed by atoms with van der Waals surface area (Å²) in [6.07, 6.45) is 6.43. The minimum Gasteiger partial charge on any atom is -0.340 e. The maximum atomic E-state index is 13.0. The maximum absolute atomic E-state index is 13.0. The average molecular weight is 340 g/mol. The molecular weight excluding hydrogens is 315 g/mol. The Kier molecular flexibility index (Phi) is 4.66. The lowest BCUT2D eigenvalue weighted by Gasteiger charge is -2.32. The summed E-state index contributed by atoms with van der Waals surface area (Å²) in [7, 11) is 0. The van der Waals surface area contributed by atoms with Gasteiger partial charge in [0.2, 0.25) is 0 Å². The highest BCUT2D eigenvalue weighted by Crippen LogP contribution is 2.33. The first-order valence-electron chi connectivity index (χ1n) is 9.25. The van der Waals surface area contributed by atoms with Crippen LogP contribution in [0.25, 0.3) is 0 Å². The third-order valence-electron chi connectivity index (χ3n) is 5.19. The Morgan fingerprint density at radius 2 is 1.96 bits per heavy atom. The largest absolute Gasteiger partial charge is 0.340 e. The maximum Gasteiger partial charge on any atom is 0.141 e. The van der Waals surface area contributed by atoms with Crippen molar-refractivity contribution in [1.82, 2.24) is 14.9 Å². The van der Waals surface area contributed by atoms with E-state index in [4.69, 9.17) is 4.98 Å². The first-order valence-corrected chi connectivity index (χ1v) is 9.25. The Morgan fingerprint density at radius 1 is 1.16 bits per heavy atom. The fraction of sp³-hybridized carbons (Fsp3) is 0.500. The van der Waals surface area contributed by atoms with Crippen molar-refractivity contribution < 1.29 is 4.39 Å². The van der Waals surface area contributed by atoms with Gasteiger partial charge >= 0.3 is 0 Å². The zero-order valence-corrected chi connectivity index (χ0v) is 14.7. The van der Waals surface area contributed by atoms with E-state index >= 15 is 0 Å². The number of aromatic nitrogens is 2. The Morgan fingerprint density at radius 3 is 2.64 bits per heavy atom. The van der Waals surface area contributed by atoms with Crippen molar-refractivity contribution in [3.63, 3.8) is 0 Å². The number of likely N-dealkylation sites (tertiary alicyclic amines) is 1. The third-order valence-corrected chi connectivity index (χ3v) is 5.19. The van der Waals surface area contributed by atoms with Gasteiger partial charge in [-0.05, 0) is 75.9 Å². The van der Waals surface area contributed by atoms with Crippen LogP contribution in [-0.2, 0) is 0 Å². The number of aryl methyl sites for hydroxylation is 1. The lowest BCUT2D eigenvalue weighted by atomic mass is 9.92. The summed E-state index contributed by atoms with van der Waals surface area (Å²) in [6, 6.07) is 7.21. The Bertz CT molecular complexity index is 719. The Labute approximate surface area is 148 Å². The lowest BCUT2D eigenvalue weighted by molar-refractivity contribution is 0.203. The minimum atomic E-state index is -0.324. The van der Waals surface area contributed by atoms with E-state index in [9.17, 15) is 4.39 Å². The van der Waals surface area contributed by atoms with Gasteiger partial charge in [0.15, 0.2) is 0 Å². The summed E-state index contributed by atoms with van der Waals surface area (Å²) in [5.41, 5.74) is 3.14. The van der Waals surface area contributed by atoms with Gasteiger partial charge in [-0.25, -0.2) is 9.37 Å². The Balaban J connectivity index is 1.43. The highest BCUT2D eigenvalue weighted by atomic mass is 19.1. The molecule has 3 heterocycles. The summed E-state index contributed by atoms with van der Waals surface area (Å²) in [5.74, 6) is 1.82. The molecule has 0 radical (unpaired) electrons. The van der Waals surface area contributed by atoms with Gasteiger partial charge in [-0.2, -0.15) is 0 Å². The van der Waals surface area contributed by atoms with Gasteiger partial charge < -0.3 is 10.2 Å². The molecule has 2 fully saturated rings. The number of nitrogens with zero attached hydrogens (tertiary/aromatic N) is 3. The number of anilines is 2. The molecule has 0 amide bonds. The van der Waals surface area contributed by atoms with Crippen LogP contribution in [0.4, 0.5) is 15.9 Å². The van der Waals surface area contributed by atoms with Gasteiger partial charge in [-0.1, -0.05) is 0 Å². The predicted octanol–water partition coefficient (Wildman–Crippen LogP) is 4.26.